The summed E-state index contributed by atoms with van der Waals surface area (Å²) >= 11 is 1.61. The monoisotopic (exact) mass is 370 g/mol. The van der Waals surface area contributed by atoms with Crippen LogP contribution in [0.5, 0.6) is 0 Å². The van der Waals surface area contributed by atoms with E-state index < -0.39 is 0 Å². The highest BCUT2D eigenvalue weighted by Crippen LogP contribution is 2.17. The first-order chi connectivity index (χ1) is 12.7. The first-order valence-electron chi connectivity index (χ1n) is 8.76. The Morgan fingerprint density at radius 3 is 2.54 bits per heavy atom. The van der Waals surface area contributed by atoms with E-state index in [2.05, 4.69) is 22.2 Å². The molecule has 0 saturated carbocycles. The molecule has 1 aliphatic heterocycles. The summed E-state index contributed by atoms with van der Waals surface area (Å²) in [6, 6.07) is 7.10. The number of carbonyl (C=O) groups is 2. The SMILES string of the molecule is CCSc1cc(C(=O)NC2CCN(C(=O)c3ccncc3)CC2)ccn1. The van der Waals surface area contributed by atoms with Gasteiger partial charge in [0.15, 0.2) is 0 Å². The first kappa shape index (κ1) is 18.4. The van der Waals surface area contributed by atoms with Gasteiger partial charge in [0.05, 0.1) is 5.03 Å². The van der Waals surface area contributed by atoms with Crippen molar-refractivity contribution in [1.82, 2.24) is 20.2 Å². The van der Waals surface area contributed by atoms with Gasteiger partial charge in [-0.2, -0.15) is 0 Å². The number of rotatable bonds is 5. The van der Waals surface area contributed by atoms with E-state index in [4.69, 9.17) is 0 Å². The lowest BCUT2D eigenvalue weighted by molar-refractivity contribution is 0.0698. The van der Waals surface area contributed by atoms with Gasteiger partial charge in [0.1, 0.15) is 0 Å². The minimum absolute atomic E-state index is 0.0209. The minimum Gasteiger partial charge on any atom is -0.349 e. The second kappa shape index (κ2) is 8.80. The van der Waals surface area contributed by atoms with Crippen LogP contribution in [0, 0.1) is 0 Å². The zero-order valence-electron chi connectivity index (χ0n) is 14.7. The lowest BCUT2D eigenvalue weighted by Crippen LogP contribution is -2.46. The molecule has 1 saturated heterocycles. The highest BCUT2D eigenvalue weighted by atomic mass is 32.2. The number of thioether (sulfide) groups is 1. The molecule has 2 aromatic heterocycles. The second-order valence-electron chi connectivity index (χ2n) is 6.09. The molecule has 0 unspecified atom stereocenters. The van der Waals surface area contributed by atoms with Crippen LogP contribution in [0.25, 0.3) is 0 Å². The Labute approximate surface area is 157 Å². The Morgan fingerprint density at radius 2 is 1.85 bits per heavy atom. The molecule has 0 atom stereocenters. The molecule has 3 heterocycles. The average molecular weight is 370 g/mol. The highest BCUT2D eigenvalue weighted by molar-refractivity contribution is 7.99. The summed E-state index contributed by atoms with van der Waals surface area (Å²) in [6.07, 6.45) is 6.43. The standard InChI is InChI=1S/C19H22N4O2S/c1-2-26-17-13-15(5-10-21-17)18(24)22-16-6-11-23(12-7-16)19(25)14-3-8-20-9-4-14/h3-5,8-10,13,16H,2,6-7,11-12H2,1H3,(H,22,24). The fourth-order valence-electron chi connectivity index (χ4n) is 2.95. The summed E-state index contributed by atoms with van der Waals surface area (Å²) in [5, 5.41) is 3.94. The number of pyridine rings is 2. The van der Waals surface area contributed by atoms with E-state index in [1.807, 2.05) is 11.0 Å². The average Bonchev–Trinajstić information content (AvgIpc) is 2.69. The number of hydrogen-bond donors (Lipinski definition) is 1. The van der Waals surface area contributed by atoms with Crippen molar-refractivity contribution < 1.29 is 9.59 Å². The van der Waals surface area contributed by atoms with E-state index in [1.165, 1.54) is 0 Å². The smallest absolute Gasteiger partial charge is 0.253 e. The Morgan fingerprint density at radius 1 is 1.15 bits per heavy atom. The summed E-state index contributed by atoms with van der Waals surface area (Å²) in [5.74, 6) is 0.860. The van der Waals surface area contributed by atoms with Gasteiger partial charge in [-0.3, -0.25) is 14.6 Å². The van der Waals surface area contributed by atoms with E-state index in [0.717, 1.165) is 23.6 Å². The molecule has 0 aromatic carbocycles. The molecule has 1 N–H and O–H groups in total. The molecule has 2 amide bonds. The van der Waals surface area contributed by atoms with Crippen LogP contribution in [0.3, 0.4) is 0 Å². The number of amides is 2. The molecule has 2 aromatic rings. The van der Waals surface area contributed by atoms with Gasteiger partial charge < -0.3 is 10.2 Å². The van der Waals surface area contributed by atoms with Crippen LogP contribution in [0.2, 0.25) is 0 Å². The van der Waals surface area contributed by atoms with Gasteiger partial charge >= 0.3 is 0 Å². The fourth-order valence-corrected chi connectivity index (χ4v) is 3.59. The van der Waals surface area contributed by atoms with Gasteiger partial charge in [0.2, 0.25) is 0 Å². The van der Waals surface area contributed by atoms with Crippen molar-refractivity contribution in [3.8, 4) is 0 Å². The van der Waals surface area contributed by atoms with Gasteiger partial charge in [-0.05, 0) is 42.9 Å². The third-order valence-electron chi connectivity index (χ3n) is 4.33. The Bertz CT molecular complexity index is 761. The summed E-state index contributed by atoms with van der Waals surface area (Å²) in [7, 11) is 0. The third kappa shape index (κ3) is 4.60. The summed E-state index contributed by atoms with van der Waals surface area (Å²) in [4.78, 5) is 34.9. The number of nitrogens with one attached hydrogen (secondary N) is 1. The van der Waals surface area contributed by atoms with Gasteiger partial charge in [-0.1, -0.05) is 6.92 Å². The molecule has 3 rings (SSSR count). The number of hydrogen-bond acceptors (Lipinski definition) is 5. The molecule has 1 fully saturated rings. The van der Waals surface area contributed by atoms with Gasteiger partial charge in [-0.25, -0.2) is 4.98 Å². The van der Waals surface area contributed by atoms with Crippen LogP contribution >= 0.6 is 11.8 Å². The number of carbonyl (C=O) groups excluding carboxylic acids is 2. The van der Waals surface area contributed by atoms with E-state index in [0.29, 0.717) is 24.2 Å². The van der Waals surface area contributed by atoms with E-state index >= 15 is 0 Å². The Balaban J connectivity index is 1.53. The quantitative estimate of drug-likeness (QED) is 0.819. The van der Waals surface area contributed by atoms with Crippen molar-refractivity contribution in [1.29, 1.82) is 0 Å². The molecule has 136 valence electrons. The molecule has 0 aliphatic carbocycles. The number of likely N-dealkylation sites (tertiary alicyclic amines) is 1. The topological polar surface area (TPSA) is 75.2 Å². The summed E-state index contributed by atoms with van der Waals surface area (Å²) in [5.41, 5.74) is 1.28. The molecule has 0 radical (unpaired) electrons. The molecular formula is C19H22N4O2S. The number of piperidine rings is 1. The maximum Gasteiger partial charge on any atom is 0.253 e. The van der Waals surface area contributed by atoms with Crippen LogP contribution in [-0.2, 0) is 0 Å². The zero-order chi connectivity index (χ0) is 18.4. The molecule has 26 heavy (non-hydrogen) atoms. The fraction of sp³-hybridized carbons (Fsp3) is 0.368. The van der Waals surface area contributed by atoms with E-state index in [9.17, 15) is 9.59 Å². The van der Waals surface area contributed by atoms with Crippen molar-refractivity contribution in [3.63, 3.8) is 0 Å². The van der Waals surface area contributed by atoms with Crippen molar-refractivity contribution in [3.05, 3.63) is 54.0 Å². The first-order valence-corrected chi connectivity index (χ1v) is 9.75. The molecule has 0 spiro atoms. The molecule has 6 nitrogen and oxygen atoms in total. The Hall–Kier alpha value is -2.41. The normalized spacial score (nSPS) is 14.9. The summed E-state index contributed by atoms with van der Waals surface area (Å²) in [6.45, 7) is 3.33. The number of aromatic nitrogens is 2. The minimum atomic E-state index is -0.0794. The van der Waals surface area contributed by atoms with Crippen LogP contribution in [0.1, 0.15) is 40.5 Å². The van der Waals surface area contributed by atoms with Crippen molar-refractivity contribution in [2.45, 2.75) is 30.8 Å². The van der Waals surface area contributed by atoms with E-state index in [-0.39, 0.29) is 17.9 Å². The lowest BCUT2D eigenvalue weighted by Gasteiger charge is -2.32. The van der Waals surface area contributed by atoms with Crippen molar-refractivity contribution in [2.75, 3.05) is 18.8 Å². The predicted molar refractivity (Wildman–Crippen MR) is 101 cm³/mol. The van der Waals surface area contributed by atoms with Gasteiger partial charge in [0, 0.05) is 48.8 Å². The molecular weight excluding hydrogens is 348 g/mol. The van der Waals surface area contributed by atoms with Crippen molar-refractivity contribution >= 4 is 23.6 Å². The van der Waals surface area contributed by atoms with Gasteiger partial charge in [0.25, 0.3) is 11.8 Å². The highest BCUT2D eigenvalue weighted by Gasteiger charge is 2.24. The number of nitrogens with zero attached hydrogens (tertiary/aromatic N) is 3. The maximum absolute atomic E-state index is 12.5. The molecule has 0 bridgehead atoms. The second-order valence-corrected chi connectivity index (χ2v) is 7.38. The van der Waals surface area contributed by atoms with Crippen LogP contribution in [0.4, 0.5) is 0 Å². The van der Waals surface area contributed by atoms with Crippen LogP contribution in [0.15, 0.2) is 47.9 Å². The van der Waals surface area contributed by atoms with Gasteiger partial charge in [-0.15, -0.1) is 11.8 Å². The largest absolute Gasteiger partial charge is 0.349 e. The van der Waals surface area contributed by atoms with Crippen molar-refractivity contribution in [2.24, 2.45) is 0 Å². The molecule has 1 aliphatic rings. The van der Waals surface area contributed by atoms with Crippen LogP contribution < -0.4 is 5.32 Å². The van der Waals surface area contributed by atoms with E-state index in [1.54, 1.807) is 48.6 Å². The predicted octanol–water partition coefficient (Wildman–Crippen LogP) is 2.62. The molecule has 7 heteroatoms. The zero-order valence-corrected chi connectivity index (χ0v) is 15.5. The lowest BCUT2D eigenvalue weighted by atomic mass is 10.0. The Kier molecular flexibility index (Phi) is 6.22. The maximum atomic E-state index is 12.5. The summed E-state index contributed by atoms with van der Waals surface area (Å²) < 4.78 is 0. The third-order valence-corrected chi connectivity index (χ3v) is 5.14. The van der Waals surface area contributed by atoms with Crippen LogP contribution in [-0.4, -0.2) is 51.6 Å².